The van der Waals surface area contributed by atoms with E-state index in [2.05, 4.69) is 33.0 Å². The molecule has 0 saturated carbocycles. The summed E-state index contributed by atoms with van der Waals surface area (Å²) in [6, 6.07) is 1.48. The van der Waals surface area contributed by atoms with Gasteiger partial charge in [-0.3, -0.25) is 0 Å². The third kappa shape index (κ3) is 18.5. The normalized spacial score (nSPS) is 13.9. The van der Waals surface area contributed by atoms with Crippen molar-refractivity contribution in [2.45, 2.75) is 155 Å². The van der Waals surface area contributed by atoms with Crippen molar-refractivity contribution in [1.82, 2.24) is 5.32 Å². The maximum atomic E-state index is 3.97. The van der Waals surface area contributed by atoms with Gasteiger partial charge in [-0.2, -0.15) is 0 Å². The second-order valence-electron chi connectivity index (χ2n) is 8.37. The van der Waals surface area contributed by atoms with E-state index >= 15 is 0 Å². The predicted octanol–water partition coefficient (Wildman–Crippen LogP) is 8.41. The van der Waals surface area contributed by atoms with Crippen LogP contribution in [0.25, 0.3) is 0 Å². The summed E-state index contributed by atoms with van der Waals surface area (Å²) in [5.41, 5.74) is 0. The van der Waals surface area contributed by atoms with E-state index in [0.717, 1.165) is 6.04 Å². The Morgan fingerprint density at radius 2 is 0.840 bits per heavy atom. The van der Waals surface area contributed by atoms with Gasteiger partial charge in [0.2, 0.25) is 0 Å². The molecular weight excluding hydrogens is 302 g/mol. The number of hydrogen-bond acceptors (Lipinski definition) is 1. The molecule has 0 bridgehead atoms. The van der Waals surface area contributed by atoms with Gasteiger partial charge in [-0.25, -0.2) is 0 Å². The Balaban J connectivity index is 3.76. The minimum Gasteiger partial charge on any atom is -0.312 e. The summed E-state index contributed by atoms with van der Waals surface area (Å²) < 4.78 is 0. The average molecular weight is 354 g/mol. The van der Waals surface area contributed by atoms with E-state index in [1.807, 2.05) is 0 Å². The standard InChI is InChI=1S/C24H51N/c1-5-8-11-13-14-15-16-18-20-23(4)25-24(21-17-10-7-3)22-19-12-9-6-2/h23-25H,5-22H2,1-4H3. The maximum Gasteiger partial charge on any atom is 0.00695 e. The van der Waals surface area contributed by atoms with Crippen LogP contribution in [0.5, 0.6) is 0 Å². The van der Waals surface area contributed by atoms with Crippen molar-refractivity contribution in [2.75, 3.05) is 0 Å². The molecule has 2 atom stereocenters. The third-order valence-electron chi connectivity index (χ3n) is 5.57. The number of nitrogens with one attached hydrogen (secondary N) is 1. The van der Waals surface area contributed by atoms with E-state index in [9.17, 15) is 0 Å². The van der Waals surface area contributed by atoms with Crippen molar-refractivity contribution >= 4 is 0 Å². The van der Waals surface area contributed by atoms with Crippen molar-refractivity contribution in [3.05, 3.63) is 0 Å². The van der Waals surface area contributed by atoms with E-state index in [-0.39, 0.29) is 0 Å². The van der Waals surface area contributed by atoms with Gasteiger partial charge in [0.15, 0.2) is 0 Å². The highest BCUT2D eigenvalue weighted by atomic mass is 14.9. The molecule has 0 heterocycles. The Morgan fingerprint density at radius 3 is 1.40 bits per heavy atom. The molecule has 1 N–H and O–H groups in total. The van der Waals surface area contributed by atoms with Gasteiger partial charge in [0.05, 0.1) is 0 Å². The van der Waals surface area contributed by atoms with E-state index in [1.54, 1.807) is 0 Å². The summed E-state index contributed by atoms with van der Waals surface area (Å²) in [5, 5.41) is 3.97. The maximum absolute atomic E-state index is 3.97. The minimum atomic E-state index is 0.706. The molecule has 0 rings (SSSR count). The smallest absolute Gasteiger partial charge is 0.00695 e. The summed E-state index contributed by atoms with van der Waals surface area (Å²) in [4.78, 5) is 0. The fraction of sp³-hybridized carbons (Fsp3) is 1.00. The van der Waals surface area contributed by atoms with Gasteiger partial charge in [-0.05, 0) is 26.2 Å². The van der Waals surface area contributed by atoms with Gasteiger partial charge in [0.25, 0.3) is 0 Å². The summed E-state index contributed by atoms with van der Waals surface area (Å²) in [6.07, 6.45) is 25.4. The first-order valence-electron chi connectivity index (χ1n) is 12.0. The van der Waals surface area contributed by atoms with E-state index < -0.39 is 0 Å². The van der Waals surface area contributed by atoms with Crippen LogP contribution in [0.1, 0.15) is 143 Å². The Kier molecular flexibility index (Phi) is 20.2. The van der Waals surface area contributed by atoms with Crippen molar-refractivity contribution < 1.29 is 0 Å². The van der Waals surface area contributed by atoms with Crippen LogP contribution < -0.4 is 5.32 Å². The zero-order valence-corrected chi connectivity index (χ0v) is 18.4. The van der Waals surface area contributed by atoms with Gasteiger partial charge < -0.3 is 5.32 Å². The monoisotopic (exact) mass is 353 g/mol. The van der Waals surface area contributed by atoms with Crippen LogP contribution in [0.2, 0.25) is 0 Å². The highest BCUT2D eigenvalue weighted by Gasteiger charge is 2.11. The van der Waals surface area contributed by atoms with Gasteiger partial charge in [0.1, 0.15) is 0 Å². The van der Waals surface area contributed by atoms with Crippen LogP contribution in [0, 0.1) is 0 Å². The molecule has 0 aromatic heterocycles. The highest BCUT2D eigenvalue weighted by molar-refractivity contribution is 4.72. The van der Waals surface area contributed by atoms with Crippen molar-refractivity contribution in [3.8, 4) is 0 Å². The largest absolute Gasteiger partial charge is 0.312 e. The Morgan fingerprint density at radius 1 is 0.480 bits per heavy atom. The van der Waals surface area contributed by atoms with Gasteiger partial charge in [-0.15, -0.1) is 0 Å². The van der Waals surface area contributed by atoms with Crippen LogP contribution in [0.4, 0.5) is 0 Å². The molecule has 1 nitrogen and oxygen atoms in total. The van der Waals surface area contributed by atoms with Crippen LogP contribution >= 0.6 is 0 Å². The van der Waals surface area contributed by atoms with Crippen LogP contribution in [-0.2, 0) is 0 Å². The molecule has 0 aromatic rings. The Labute approximate surface area is 161 Å². The molecule has 0 radical (unpaired) electrons. The van der Waals surface area contributed by atoms with Gasteiger partial charge in [0, 0.05) is 12.1 Å². The summed E-state index contributed by atoms with van der Waals surface area (Å²) in [7, 11) is 0. The quantitative estimate of drug-likeness (QED) is 0.217. The number of hydrogen-bond donors (Lipinski definition) is 1. The molecule has 0 spiro atoms. The van der Waals surface area contributed by atoms with Gasteiger partial charge in [-0.1, -0.05) is 117 Å². The molecule has 0 amide bonds. The fourth-order valence-corrected chi connectivity index (χ4v) is 3.84. The highest BCUT2D eigenvalue weighted by Crippen LogP contribution is 2.15. The second kappa shape index (κ2) is 20.3. The molecule has 152 valence electrons. The van der Waals surface area contributed by atoms with Crippen LogP contribution in [0.15, 0.2) is 0 Å². The molecule has 0 saturated heterocycles. The first kappa shape index (κ1) is 25.0. The molecule has 0 aliphatic heterocycles. The van der Waals surface area contributed by atoms with E-state index in [1.165, 1.54) is 116 Å². The SMILES string of the molecule is CCCCCCCCCCC(C)NC(CCCCC)CCCCCC. The molecule has 0 aliphatic rings. The zero-order chi connectivity index (χ0) is 18.6. The van der Waals surface area contributed by atoms with Crippen molar-refractivity contribution in [3.63, 3.8) is 0 Å². The van der Waals surface area contributed by atoms with Gasteiger partial charge >= 0.3 is 0 Å². The molecule has 0 aliphatic carbocycles. The minimum absolute atomic E-state index is 0.706. The molecule has 0 aromatic carbocycles. The zero-order valence-electron chi connectivity index (χ0n) is 18.4. The van der Waals surface area contributed by atoms with E-state index in [0.29, 0.717) is 6.04 Å². The van der Waals surface area contributed by atoms with Crippen molar-refractivity contribution in [2.24, 2.45) is 0 Å². The number of rotatable bonds is 20. The fourth-order valence-electron chi connectivity index (χ4n) is 3.84. The predicted molar refractivity (Wildman–Crippen MR) is 117 cm³/mol. The molecule has 1 heteroatoms. The average Bonchev–Trinajstić information content (AvgIpc) is 2.61. The lowest BCUT2D eigenvalue weighted by Gasteiger charge is -2.24. The van der Waals surface area contributed by atoms with Crippen LogP contribution in [-0.4, -0.2) is 12.1 Å². The first-order valence-corrected chi connectivity index (χ1v) is 12.0. The lowest BCUT2D eigenvalue weighted by molar-refractivity contribution is 0.362. The topological polar surface area (TPSA) is 12.0 Å². The first-order chi connectivity index (χ1) is 12.2. The molecule has 2 unspecified atom stereocenters. The van der Waals surface area contributed by atoms with E-state index in [4.69, 9.17) is 0 Å². The Bertz CT molecular complexity index is 238. The lowest BCUT2D eigenvalue weighted by Crippen LogP contribution is -2.36. The number of unbranched alkanes of at least 4 members (excludes halogenated alkanes) is 12. The lowest BCUT2D eigenvalue weighted by atomic mass is 9.99. The second-order valence-corrected chi connectivity index (χ2v) is 8.37. The third-order valence-corrected chi connectivity index (χ3v) is 5.57. The summed E-state index contributed by atoms with van der Waals surface area (Å²) >= 11 is 0. The summed E-state index contributed by atoms with van der Waals surface area (Å²) in [6.45, 7) is 9.34. The van der Waals surface area contributed by atoms with Crippen molar-refractivity contribution in [1.29, 1.82) is 0 Å². The van der Waals surface area contributed by atoms with Crippen LogP contribution in [0.3, 0.4) is 0 Å². The summed E-state index contributed by atoms with van der Waals surface area (Å²) in [5.74, 6) is 0. The molecule has 0 fully saturated rings. The molecule has 25 heavy (non-hydrogen) atoms. The Hall–Kier alpha value is -0.0400. The molecular formula is C24H51N.